The molecule has 8 aromatic rings. The monoisotopic (exact) mass is 648 g/mol. The summed E-state index contributed by atoms with van der Waals surface area (Å²) < 4.78 is 0. The summed E-state index contributed by atoms with van der Waals surface area (Å²) in [5, 5.41) is 9.07. The van der Waals surface area contributed by atoms with Crippen LogP contribution in [0.2, 0.25) is 0 Å². The lowest BCUT2D eigenvalue weighted by atomic mass is 9.70. The van der Waals surface area contributed by atoms with Gasteiger partial charge >= 0.3 is 0 Å². The van der Waals surface area contributed by atoms with Gasteiger partial charge in [-0.3, -0.25) is 0 Å². The molecule has 2 heteroatoms. The highest BCUT2D eigenvalue weighted by atomic mass is 15.0. The maximum Gasteiger partial charge on any atom is 0.134 e. The van der Waals surface area contributed by atoms with Crippen molar-refractivity contribution < 1.29 is 0 Å². The predicted molar refractivity (Wildman–Crippen MR) is 211 cm³/mol. The van der Waals surface area contributed by atoms with Gasteiger partial charge in [0.2, 0.25) is 0 Å². The Kier molecular flexibility index (Phi) is 5.97. The smallest absolute Gasteiger partial charge is 0.134 e. The Balaban J connectivity index is 1.04. The van der Waals surface area contributed by atoms with E-state index in [2.05, 4.69) is 181 Å². The minimum atomic E-state index is -0.362. The van der Waals surface area contributed by atoms with Crippen molar-refractivity contribution in [1.29, 1.82) is 0 Å². The van der Waals surface area contributed by atoms with Crippen LogP contribution >= 0.6 is 0 Å². The second kappa shape index (κ2) is 10.7. The lowest BCUT2D eigenvalue weighted by Crippen LogP contribution is -2.31. The molecular formula is C49H32N2. The number of nitrogens with zero attached hydrogens (tertiary/aromatic N) is 1. The molecule has 8 aromatic carbocycles. The fourth-order valence-corrected chi connectivity index (χ4v) is 9.08. The number of rotatable bonds is 4. The third kappa shape index (κ3) is 4.02. The quantitative estimate of drug-likeness (QED) is 0.189. The number of amidine groups is 1. The van der Waals surface area contributed by atoms with Crippen molar-refractivity contribution >= 4 is 33.1 Å². The van der Waals surface area contributed by atoms with E-state index < -0.39 is 0 Å². The van der Waals surface area contributed by atoms with E-state index in [-0.39, 0.29) is 11.5 Å². The first-order chi connectivity index (χ1) is 25.3. The van der Waals surface area contributed by atoms with Gasteiger partial charge in [-0.05, 0) is 89.3 Å². The lowest BCUT2D eigenvalue weighted by molar-refractivity contribution is 0.781. The zero-order chi connectivity index (χ0) is 33.5. The first-order valence-corrected chi connectivity index (χ1v) is 17.8. The second-order valence-electron chi connectivity index (χ2n) is 13.9. The Morgan fingerprint density at radius 2 is 1.02 bits per heavy atom. The second-order valence-corrected chi connectivity index (χ2v) is 13.9. The minimum absolute atomic E-state index is 0.0209. The van der Waals surface area contributed by atoms with E-state index in [1.165, 1.54) is 71.6 Å². The molecule has 1 heterocycles. The van der Waals surface area contributed by atoms with Gasteiger partial charge in [-0.15, -0.1) is 0 Å². The molecule has 3 aliphatic rings. The molecule has 0 saturated carbocycles. The Labute approximate surface area is 297 Å². The molecule has 0 radical (unpaired) electrons. The first-order valence-electron chi connectivity index (χ1n) is 17.8. The Morgan fingerprint density at radius 3 is 1.75 bits per heavy atom. The molecule has 51 heavy (non-hydrogen) atoms. The molecule has 0 aromatic heterocycles. The normalized spacial score (nSPS) is 16.2. The molecule has 1 aliphatic heterocycles. The standard InChI is InChI=1S/C49H32N2/c1-3-11-32(12-4-1)44-30-45(51-48(50-44)36-13-5-2-6-14-36)33-23-21-31(22-24-33)37-27-28-39-38-17-7-8-18-40(38)49(43(39)29-37)41-19-9-15-34-25-26-35-16-10-20-42(49)47(35)46(34)41/h1-30,44H,(H,50,51). The first kappa shape index (κ1) is 28.3. The third-order valence-electron chi connectivity index (χ3n) is 11.3. The van der Waals surface area contributed by atoms with Crippen LogP contribution in [0.4, 0.5) is 0 Å². The van der Waals surface area contributed by atoms with Gasteiger partial charge in [0.1, 0.15) is 5.84 Å². The van der Waals surface area contributed by atoms with Gasteiger partial charge < -0.3 is 5.32 Å². The van der Waals surface area contributed by atoms with Gasteiger partial charge in [-0.2, -0.15) is 0 Å². The molecule has 0 amide bonds. The molecule has 2 nitrogen and oxygen atoms in total. The van der Waals surface area contributed by atoms with E-state index >= 15 is 0 Å². The van der Waals surface area contributed by atoms with Gasteiger partial charge in [-0.1, -0.05) is 170 Å². The van der Waals surface area contributed by atoms with E-state index in [1.54, 1.807) is 0 Å². The minimum Gasteiger partial charge on any atom is -0.359 e. The van der Waals surface area contributed by atoms with Gasteiger partial charge in [0, 0.05) is 5.56 Å². The van der Waals surface area contributed by atoms with Crippen LogP contribution in [0.5, 0.6) is 0 Å². The highest BCUT2D eigenvalue weighted by molar-refractivity contribution is 6.17. The van der Waals surface area contributed by atoms with Crippen LogP contribution in [-0.4, -0.2) is 5.84 Å². The lowest BCUT2D eigenvalue weighted by Gasteiger charge is -2.31. The maximum atomic E-state index is 5.14. The SMILES string of the molecule is C1=C(c2ccc(-c3ccc4c(c3)C3(c5ccccc5-4)c4cccc5ccc6cccc3c6c45)cc2)N=C(c2ccccc2)NC1c1ccccc1. The van der Waals surface area contributed by atoms with Gasteiger partial charge in [0.25, 0.3) is 0 Å². The van der Waals surface area contributed by atoms with Gasteiger partial charge in [0.05, 0.1) is 17.2 Å². The average molecular weight is 649 g/mol. The summed E-state index contributed by atoms with van der Waals surface area (Å²) in [4.78, 5) is 5.14. The fourth-order valence-electron chi connectivity index (χ4n) is 9.08. The van der Waals surface area contributed by atoms with Crippen molar-refractivity contribution in [2.45, 2.75) is 11.5 Å². The predicted octanol–water partition coefficient (Wildman–Crippen LogP) is 11.5. The van der Waals surface area contributed by atoms with Crippen molar-refractivity contribution in [2.24, 2.45) is 4.99 Å². The molecule has 1 atom stereocenters. The van der Waals surface area contributed by atoms with Gasteiger partial charge in [0.15, 0.2) is 0 Å². The molecule has 1 spiro atoms. The van der Waals surface area contributed by atoms with E-state index in [4.69, 9.17) is 4.99 Å². The molecule has 238 valence electrons. The Morgan fingerprint density at radius 1 is 0.431 bits per heavy atom. The molecule has 0 bridgehead atoms. The van der Waals surface area contributed by atoms with Crippen LogP contribution in [-0.2, 0) is 5.41 Å². The number of hydrogen-bond donors (Lipinski definition) is 1. The zero-order valence-corrected chi connectivity index (χ0v) is 27.8. The summed E-state index contributed by atoms with van der Waals surface area (Å²) in [6.07, 6.45) is 2.24. The Bertz CT molecular complexity index is 2690. The Hall–Kier alpha value is -6.51. The number of benzene rings is 8. The van der Waals surface area contributed by atoms with Crippen molar-refractivity contribution in [3.05, 3.63) is 221 Å². The van der Waals surface area contributed by atoms with E-state index in [9.17, 15) is 0 Å². The fraction of sp³-hybridized carbons (Fsp3) is 0.0408. The summed E-state index contributed by atoms with van der Waals surface area (Å²) >= 11 is 0. The summed E-state index contributed by atoms with van der Waals surface area (Å²) in [6, 6.07) is 64.5. The largest absolute Gasteiger partial charge is 0.359 e. The summed E-state index contributed by atoms with van der Waals surface area (Å²) in [7, 11) is 0. The van der Waals surface area contributed by atoms with Crippen LogP contribution in [0.15, 0.2) is 187 Å². The zero-order valence-electron chi connectivity index (χ0n) is 27.8. The molecule has 0 fully saturated rings. The molecule has 1 N–H and O–H groups in total. The van der Waals surface area contributed by atoms with E-state index in [0.717, 1.165) is 22.7 Å². The number of hydrogen-bond acceptors (Lipinski definition) is 2. The van der Waals surface area contributed by atoms with Crippen LogP contribution in [0.3, 0.4) is 0 Å². The number of fused-ring (bicyclic) bond motifs is 7. The number of nitrogens with one attached hydrogen (secondary N) is 1. The highest BCUT2D eigenvalue weighted by Gasteiger charge is 2.50. The molecular weight excluding hydrogens is 617 g/mol. The number of aliphatic imine (C=N–C) groups is 1. The average Bonchev–Trinajstić information content (AvgIpc) is 3.68. The highest BCUT2D eigenvalue weighted by Crippen LogP contribution is 2.62. The topological polar surface area (TPSA) is 24.4 Å². The summed E-state index contributed by atoms with van der Waals surface area (Å²) in [6.45, 7) is 0. The summed E-state index contributed by atoms with van der Waals surface area (Å²) in [5.41, 5.74) is 14.6. The molecule has 1 unspecified atom stereocenters. The van der Waals surface area contributed by atoms with Gasteiger partial charge in [-0.25, -0.2) is 4.99 Å². The molecule has 11 rings (SSSR count). The van der Waals surface area contributed by atoms with E-state index in [1.807, 2.05) is 6.07 Å². The third-order valence-corrected chi connectivity index (χ3v) is 11.3. The maximum absolute atomic E-state index is 5.14. The van der Waals surface area contributed by atoms with Crippen LogP contribution in [0.1, 0.15) is 45.0 Å². The van der Waals surface area contributed by atoms with Crippen molar-refractivity contribution in [2.75, 3.05) is 0 Å². The summed E-state index contributed by atoms with van der Waals surface area (Å²) in [5.74, 6) is 0.886. The van der Waals surface area contributed by atoms with Crippen molar-refractivity contribution in [1.82, 2.24) is 5.32 Å². The molecule has 0 saturated heterocycles. The molecule has 2 aliphatic carbocycles. The van der Waals surface area contributed by atoms with Crippen LogP contribution in [0, 0.1) is 0 Å². The van der Waals surface area contributed by atoms with Crippen LogP contribution < -0.4 is 5.32 Å². The van der Waals surface area contributed by atoms with Crippen molar-refractivity contribution in [3.8, 4) is 22.3 Å². The van der Waals surface area contributed by atoms with E-state index in [0.29, 0.717) is 0 Å². The van der Waals surface area contributed by atoms with Crippen molar-refractivity contribution in [3.63, 3.8) is 0 Å². The van der Waals surface area contributed by atoms with Crippen LogP contribution in [0.25, 0.3) is 49.5 Å².